The van der Waals surface area contributed by atoms with Crippen LogP contribution in [0, 0.1) is 5.39 Å². The fourth-order valence-corrected chi connectivity index (χ4v) is 1.66. The van der Waals surface area contributed by atoms with E-state index >= 15 is 0 Å². The van der Waals surface area contributed by atoms with Crippen molar-refractivity contribution in [1.82, 2.24) is 0 Å². The van der Waals surface area contributed by atoms with Crippen LogP contribution in [-0.2, 0) is 0 Å². The molecule has 0 N–H and O–H groups in total. The molecule has 0 amide bonds. The van der Waals surface area contributed by atoms with E-state index in [9.17, 15) is 4.79 Å². The van der Waals surface area contributed by atoms with E-state index in [1.54, 1.807) is 36.4 Å². The first kappa shape index (κ1) is 11.8. The van der Waals surface area contributed by atoms with Gasteiger partial charge in [-0.05, 0) is 12.1 Å². The zero-order chi connectivity index (χ0) is 13.0. The third kappa shape index (κ3) is 2.20. The van der Waals surface area contributed by atoms with Crippen molar-refractivity contribution in [2.75, 3.05) is 7.11 Å². The van der Waals surface area contributed by atoms with Crippen molar-refractivity contribution in [3.63, 3.8) is 0 Å². The van der Waals surface area contributed by atoms with Gasteiger partial charge in [-0.2, -0.15) is 0 Å². The summed E-state index contributed by atoms with van der Waals surface area (Å²) in [4.78, 5) is 15.3. The van der Waals surface area contributed by atoms with Crippen LogP contribution >= 0.6 is 0 Å². The normalized spacial score (nSPS) is 9.56. The zero-order valence-electron chi connectivity index (χ0n) is 9.83. The van der Waals surface area contributed by atoms with Gasteiger partial charge in [-0.15, -0.1) is 0 Å². The number of ether oxygens (including phenoxy) is 1. The summed E-state index contributed by atoms with van der Waals surface area (Å²) in [7, 11) is 1.51. The molecule has 4 heteroatoms. The summed E-state index contributed by atoms with van der Waals surface area (Å²) in [6.07, 6.45) is 0. The molecule has 0 heterocycles. The van der Waals surface area contributed by atoms with E-state index in [-0.39, 0.29) is 11.5 Å². The Kier molecular flexibility index (Phi) is 3.35. The lowest BCUT2D eigenvalue weighted by Crippen LogP contribution is -2.01. The highest BCUT2D eigenvalue weighted by Gasteiger charge is 2.22. The van der Waals surface area contributed by atoms with Crippen LogP contribution in [0.1, 0.15) is 15.9 Å². The Morgan fingerprint density at radius 3 is 2.50 bits per heavy atom. The standard InChI is InChI=1S/C14H11N2O2/c1-18-11-7-8-12(13(9-11)16-15)14(17)10-5-3-2-4-6-10/h2-9H,1H3/q+1. The van der Waals surface area contributed by atoms with Crippen LogP contribution in [0.5, 0.6) is 5.75 Å². The molecule has 2 rings (SSSR count). The minimum atomic E-state index is -0.189. The van der Waals surface area contributed by atoms with E-state index in [4.69, 9.17) is 10.1 Å². The number of methoxy groups -OCH3 is 1. The molecule has 4 nitrogen and oxygen atoms in total. The third-order valence-electron chi connectivity index (χ3n) is 2.59. The van der Waals surface area contributed by atoms with Crippen LogP contribution in [0.25, 0.3) is 4.98 Å². The van der Waals surface area contributed by atoms with Gasteiger partial charge in [-0.1, -0.05) is 30.3 Å². The van der Waals surface area contributed by atoms with Crippen molar-refractivity contribution in [3.05, 3.63) is 64.6 Å². The summed E-state index contributed by atoms with van der Waals surface area (Å²) in [5.41, 5.74) is 1.08. The van der Waals surface area contributed by atoms with Crippen molar-refractivity contribution in [2.24, 2.45) is 0 Å². The summed E-state index contributed by atoms with van der Waals surface area (Å²) in [6, 6.07) is 13.6. The molecule has 0 aliphatic heterocycles. The van der Waals surface area contributed by atoms with Gasteiger partial charge in [0.25, 0.3) is 0 Å². The number of ketones is 1. The number of hydrogen-bond donors (Lipinski definition) is 0. The Bertz CT molecular complexity index is 615. The molecule has 0 atom stereocenters. The van der Waals surface area contributed by atoms with Gasteiger partial charge in [0.05, 0.1) is 13.2 Å². The van der Waals surface area contributed by atoms with Crippen LogP contribution in [0.4, 0.5) is 5.69 Å². The van der Waals surface area contributed by atoms with E-state index in [0.29, 0.717) is 16.9 Å². The van der Waals surface area contributed by atoms with Gasteiger partial charge in [0, 0.05) is 5.56 Å². The molecule has 0 bridgehead atoms. The molecule has 0 fully saturated rings. The minimum Gasteiger partial charge on any atom is -0.496 e. The van der Waals surface area contributed by atoms with Gasteiger partial charge in [-0.25, -0.2) is 0 Å². The van der Waals surface area contributed by atoms with Gasteiger partial charge >= 0.3 is 5.69 Å². The van der Waals surface area contributed by atoms with E-state index in [2.05, 4.69) is 4.98 Å². The molecule has 0 saturated carbocycles. The second-order valence-corrected chi connectivity index (χ2v) is 3.68. The summed E-state index contributed by atoms with van der Waals surface area (Å²) in [5.74, 6) is 0.346. The summed E-state index contributed by atoms with van der Waals surface area (Å²) in [5, 5.41) is 8.95. The quantitative estimate of drug-likeness (QED) is 0.609. The Morgan fingerprint density at radius 2 is 1.89 bits per heavy atom. The molecular formula is C14H11N2O2+. The first-order valence-corrected chi connectivity index (χ1v) is 5.39. The Morgan fingerprint density at radius 1 is 1.17 bits per heavy atom. The average Bonchev–Trinajstić information content (AvgIpc) is 2.46. The van der Waals surface area contributed by atoms with Gasteiger partial charge in [0.2, 0.25) is 11.2 Å². The highest BCUT2D eigenvalue weighted by molar-refractivity contribution is 6.12. The maximum Gasteiger partial charge on any atom is 0.399 e. The van der Waals surface area contributed by atoms with E-state index < -0.39 is 0 Å². The summed E-state index contributed by atoms with van der Waals surface area (Å²) in [6.45, 7) is 0. The second-order valence-electron chi connectivity index (χ2n) is 3.68. The van der Waals surface area contributed by atoms with Crippen LogP contribution in [-0.4, -0.2) is 12.9 Å². The lowest BCUT2D eigenvalue weighted by atomic mass is 10.0. The molecule has 0 unspecified atom stereocenters. The van der Waals surface area contributed by atoms with E-state index in [0.717, 1.165) is 0 Å². The Hall–Kier alpha value is -2.67. The van der Waals surface area contributed by atoms with Crippen LogP contribution in [0.15, 0.2) is 48.5 Å². The molecule has 0 radical (unpaired) electrons. The van der Waals surface area contributed by atoms with Crippen molar-refractivity contribution in [3.8, 4) is 5.75 Å². The van der Waals surface area contributed by atoms with Crippen LogP contribution in [0.2, 0.25) is 0 Å². The van der Waals surface area contributed by atoms with Gasteiger partial charge in [0.1, 0.15) is 11.3 Å². The average molecular weight is 239 g/mol. The SMILES string of the molecule is COc1ccc(C(=O)c2ccccc2)c([N+]#N)c1. The van der Waals surface area contributed by atoms with Crippen molar-refractivity contribution < 1.29 is 9.53 Å². The molecule has 0 spiro atoms. The molecule has 0 saturated heterocycles. The van der Waals surface area contributed by atoms with Gasteiger partial charge < -0.3 is 4.74 Å². The lowest BCUT2D eigenvalue weighted by molar-refractivity contribution is 0.103. The number of diazo groups is 1. The smallest absolute Gasteiger partial charge is 0.399 e. The largest absolute Gasteiger partial charge is 0.496 e. The molecule has 88 valence electrons. The minimum absolute atomic E-state index is 0.189. The summed E-state index contributed by atoms with van der Waals surface area (Å²) >= 11 is 0. The fourth-order valence-electron chi connectivity index (χ4n) is 1.66. The second kappa shape index (κ2) is 5.11. The van der Waals surface area contributed by atoms with Crippen molar-refractivity contribution in [2.45, 2.75) is 0 Å². The first-order chi connectivity index (χ1) is 8.76. The highest BCUT2D eigenvalue weighted by atomic mass is 16.5. The lowest BCUT2D eigenvalue weighted by Gasteiger charge is -2.00. The predicted molar refractivity (Wildman–Crippen MR) is 67.6 cm³/mol. The zero-order valence-corrected chi connectivity index (χ0v) is 9.83. The number of rotatable bonds is 3. The molecule has 2 aromatic rings. The van der Waals surface area contributed by atoms with Gasteiger partial charge in [-0.3, -0.25) is 4.79 Å². The molecule has 0 aliphatic rings. The number of hydrogen-bond acceptors (Lipinski definition) is 3. The van der Waals surface area contributed by atoms with Crippen molar-refractivity contribution in [1.29, 1.82) is 5.39 Å². The Labute approximate surface area is 104 Å². The fraction of sp³-hybridized carbons (Fsp3) is 0.0714. The molecular weight excluding hydrogens is 228 g/mol. The number of benzene rings is 2. The topological polar surface area (TPSA) is 54.5 Å². The summed E-state index contributed by atoms with van der Waals surface area (Å²) < 4.78 is 5.01. The monoisotopic (exact) mass is 239 g/mol. The molecule has 18 heavy (non-hydrogen) atoms. The maximum atomic E-state index is 12.2. The molecule has 0 aromatic heterocycles. The van der Waals surface area contributed by atoms with Crippen LogP contribution in [0.3, 0.4) is 0 Å². The number of carbonyl (C=O) groups excluding carboxylic acids is 1. The highest BCUT2D eigenvalue weighted by Crippen LogP contribution is 2.27. The van der Waals surface area contributed by atoms with Crippen LogP contribution < -0.4 is 4.74 Å². The van der Waals surface area contributed by atoms with E-state index in [1.165, 1.54) is 13.2 Å². The molecule has 0 aliphatic carbocycles. The predicted octanol–water partition coefficient (Wildman–Crippen LogP) is 3.41. The van der Waals surface area contributed by atoms with E-state index in [1.807, 2.05) is 6.07 Å². The Balaban J connectivity index is 2.46. The third-order valence-corrected chi connectivity index (χ3v) is 2.59. The maximum absolute atomic E-state index is 12.2. The molecule has 2 aromatic carbocycles. The first-order valence-electron chi connectivity index (χ1n) is 5.39. The number of nitrogens with zero attached hydrogens (tertiary/aromatic N) is 2. The van der Waals surface area contributed by atoms with Gasteiger partial charge in [0.15, 0.2) is 4.98 Å². The van der Waals surface area contributed by atoms with Crippen molar-refractivity contribution >= 4 is 11.5 Å². The number of carbonyl (C=O) groups is 1.